The number of ether oxygens (including phenoxy) is 1. The lowest BCUT2D eigenvalue weighted by molar-refractivity contribution is -0.206. The monoisotopic (exact) mass is 381 g/mol. The number of halogens is 6. The van der Waals surface area contributed by atoms with Crippen LogP contribution in [0.5, 0.6) is 0 Å². The molecule has 0 N–H and O–H groups in total. The molecule has 1 heterocycles. The summed E-state index contributed by atoms with van der Waals surface area (Å²) in [5, 5.41) is 0. The van der Waals surface area contributed by atoms with Gasteiger partial charge in [0, 0.05) is 12.1 Å². The fourth-order valence-electron chi connectivity index (χ4n) is 2.42. The molecule has 0 spiro atoms. The molecule has 0 aliphatic carbocycles. The number of benzene rings is 1. The van der Waals surface area contributed by atoms with Crippen LogP contribution in [-0.2, 0) is 9.53 Å². The van der Waals surface area contributed by atoms with Gasteiger partial charge in [-0.1, -0.05) is 17.7 Å². The lowest BCUT2D eigenvalue weighted by atomic mass is 10.1. The fourth-order valence-corrected chi connectivity index (χ4v) is 2.42. The Bertz CT molecular complexity index is 734. The number of alkyl halides is 6. The van der Waals surface area contributed by atoms with Crippen molar-refractivity contribution in [3.63, 3.8) is 0 Å². The van der Waals surface area contributed by atoms with Crippen LogP contribution >= 0.6 is 0 Å². The van der Waals surface area contributed by atoms with Gasteiger partial charge in [0.1, 0.15) is 0 Å². The van der Waals surface area contributed by atoms with Gasteiger partial charge in [0.2, 0.25) is 5.76 Å². The highest BCUT2D eigenvalue weighted by atomic mass is 19.4. The normalized spacial score (nSPS) is 17.3. The third-order valence-electron chi connectivity index (χ3n) is 3.61. The second-order valence-electron chi connectivity index (χ2n) is 5.59. The maximum atomic E-state index is 13.2. The summed E-state index contributed by atoms with van der Waals surface area (Å²) in [6, 6.07) is 5.92. The average molecular weight is 381 g/mol. The molecule has 1 aliphatic rings. The third-order valence-corrected chi connectivity index (χ3v) is 3.61. The predicted octanol–water partition coefficient (Wildman–Crippen LogP) is 4.11. The van der Waals surface area contributed by atoms with Crippen molar-refractivity contribution in [2.45, 2.75) is 32.1 Å². The number of amides is 1. The molecule has 0 aromatic heterocycles. The van der Waals surface area contributed by atoms with E-state index < -0.39 is 35.7 Å². The van der Waals surface area contributed by atoms with E-state index >= 15 is 0 Å². The molecule has 142 valence electrons. The third kappa shape index (κ3) is 4.36. The Labute approximate surface area is 144 Å². The van der Waals surface area contributed by atoms with Crippen molar-refractivity contribution in [3.05, 3.63) is 46.8 Å². The number of carbonyl (C=O) groups excluding carboxylic acids is 2. The van der Waals surface area contributed by atoms with Crippen LogP contribution in [0.2, 0.25) is 0 Å². The van der Waals surface area contributed by atoms with Gasteiger partial charge < -0.3 is 9.64 Å². The standard InChI is InChI=1S/C16H13F6NO3/c1-9-4-6-10(7-5-9)13(24)23-8-2-3-11(23)12(15(17,18)19)26-14(25)16(20,21)22/h4-7H,2-3,8H2,1H3/b12-11+. The smallest absolute Gasteiger partial charge is 0.413 e. The zero-order valence-electron chi connectivity index (χ0n) is 13.4. The summed E-state index contributed by atoms with van der Waals surface area (Å²) in [6.45, 7) is 1.61. The van der Waals surface area contributed by atoms with Crippen molar-refractivity contribution < 1.29 is 40.7 Å². The minimum Gasteiger partial charge on any atom is -0.413 e. The van der Waals surface area contributed by atoms with Gasteiger partial charge in [0.15, 0.2) is 0 Å². The van der Waals surface area contributed by atoms with E-state index in [2.05, 4.69) is 4.74 Å². The molecular formula is C16H13F6NO3. The molecule has 1 aromatic carbocycles. The number of nitrogens with zero attached hydrogens (tertiary/aromatic N) is 1. The van der Waals surface area contributed by atoms with Crippen LogP contribution in [0, 0.1) is 6.92 Å². The molecule has 1 saturated heterocycles. The first kappa shape index (κ1) is 19.8. The van der Waals surface area contributed by atoms with Gasteiger partial charge in [-0.3, -0.25) is 4.79 Å². The van der Waals surface area contributed by atoms with Crippen molar-refractivity contribution in [1.29, 1.82) is 0 Å². The number of esters is 1. The van der Waals surface area contributed by atoms with Gasteiger partial charge in [0.25, 0.3) is 5.91 Å². The Morgan fingerprint density at radius 2 is 1.58 bits per heavy atom. The summed E-state index contributed by atoms with van der Waals surface area (Å²) < 4.78 is 80.0. The summed E-state index contributed by atoms with van der Waals surface area (Å²) in [7, 11) is 0. The number of carbonyl (C=O) groups is 2. The van der Waals surface area contributed by atoms with E-state index in [9.17, 15) is 35.9 Å². The van der Waals surface area contributed by atoms with Crippen molar-refractivity contribution >= 4 is 11.9 Å². The molecule has 1 fully saturated rings. The Hall–Kier alpha value is -2.52. The molecule has 0 saturated carbocycles. The Morgan fingerprint density at radius 3 is 2.08 bits per heavy atom. The Kier molecular flexibility index (Phi) is 5.33. The first-order chi connectivity index (χ1) is 11.9. The average Bonchev–Trinajstić information content (AvgIpc) is 2.99. The molecule has 4 nitrogen and oxygen atoms in total. The highest BCUT2D eigenvalue weighted by Gasteiger charge is 2.49. The first-order valence-corrected chi connectivity index (χ1v) is 7.39. The summed E-state index contributed by atoms with van der Waals surface area (Å²) in [4.78, 5) is 24.0. The molecule has 26 heavy (non-hydrogen) atoms. The molecule has 1 aromatic rings. The molecule has 1 amide bonds. The van der Waals surface area contributed by atoms with Gasteiger partial charge in [-0.25, -0.2) is 4.79 Å². The summed E-state index contributed by atoms with van der Waals surface area (Å²) in [5.74, 6) is -5.92. The molecule has 0 unspecified atom stereocenters. The molecule has 1 aliphatic heterocycles. The maximum absolute atomic E-state index is 13.2. The number of rotatable bonds is 2. The van der Waals surface area contributed by atoms with E-state index in [0.29, 0.717) is 4.90 Å². The van der Waals surface area contributed by atoms with Gasteiger partial charge >= 0.3 is 18.3 Å². The van der Waals surface area contributed by atoms with Crippen LogP contribution in [0.1, 0.15) is 28.8 Å². The summed E-state index contributed by atoms with van der Waals surface area (Å²) >= 11 is 0. The van der Waals surface area contributed by atoms with E-state index in [4.69, 9.17) is 0 Å². The van der Waals surface area contributed by atoms with Crippen molar-refractivity contribution in [3.8, 4) is 0 Å². The number of hydrogen-bond acceptors (Lipinski definition) is 3. The fraction of sp³-hybridized carbons (Fsp3) is 0.375. The van der Waals surface area contributed by atoms with E-state index in [-0.39, 0.29) is 24.9 Å². The molecule has 2 rings (SSSR count). The predicted molar refractivity (Wildman–Crippen MR) is 76.7 cm³/mol. The number of allylic oxidation sites excluding steroid dienone is 2. The maximum Gasteiger partial charge on any atom is 0.491 e. The minimum atomic E-state index is -5.60. The van der Waals surface area contributed by atoms with Crippen LogP contribution in [-0.4, -0.2) is 35.7 Å². The molecular weight excluding hydrogens is 368 g/mol. The van der Waals surface area contributed by atoms with Crippen LogP contribution in [0.15, 0.2) is 35.7 Å². The number of likely N-dealkylation sites (tertiary alicyclic amines) is 1. The van der Waals surface area contributed by atoms with E-state index in [1.807, 2.05) is 0 Å². The van der Waals surface area contributed by atoms with Crippen LogP contribution in [0.3, 0.4) is 0 Å². The van der Waals surface area contributed by atoms with E-state index in [0.717, 1.165) is 5.56 Å². The number of aryl methyl sites for hydroxylation is 1. The van der Waals surface area contributed by atoms with Crippen LogP contribution < -0.4 is 0 Å². The van der Waals surface area contributed by atoms with Crippen molar-refractivity contribution in [1.82, 2.24) is 4.90 Å². The van der Waals surface area contributed by atoms with Crippen molar-refractivity contribution in [2.24, 2.45) is 0 Å². The van der Waals surface area contributed by atoms with Crippen LogP contribution in [0.25, 0.3) is 0 Å². The molecule has 0 atom stereocenters. The second kappa shape index (κ2) is 7.00. The SMILES string of the molecule is Cc1ccc(C(=O)N2CCC/C2=C(\OC(=O)C(F)(F)F)C(F)(F)F)cc1. The summed E-state index contributed by atoms with van der Waals surface area (Å²) in [5.41, 5.74) is 0.0909. The topological polar surface area (TPSA) is 46.6 Å². The highest BCUT2D eigenvalue weighted by Crippen LogP contribution is 2.37. The quantitative estimate of drug-likeness (QED) is 0.440. The van der Waals surface area contributed by atoms with E-state index in [1.165, 1.54) is 12.1 Å². The zero-order chi connectivity index (χ0) is 19.7. The molecule has 0 bridgehead atoms. The number of hydrogen-bond donors (Lipinski definition) is 0. The van der Waals surface area contributed by atoms with Gasteiger partial charge in [-0.15, -0.1) is 0 Å². The lowest BCUT2D eigenvalue weighted by Crippen LogP contribution is -2.33. The lowest BCUT2D eigenvalue weighted by Gasteiger charge is -2.22. The zero-order valence-corrected chi connectivity index (χ0v) is 13.4. The largest absolute Gasteiger partial charge is 0.491 e. The Balaban J connectivity index is 2.42. The second-order valence-corrected chi connectivity index (χ2v) is 5.59. The van der Waals surface area contributed by atoms with Gasteiger partial charge in [0.05, 0.1) is 5.70 Å². The van der Waals surface area contributed by atoms with E-state index in [1.54, 1.807) is 19.1 Å². The minimum absolute atomic E-state index is 0.0682. The molecule has 10 heteroatoms. The molecule has 0 radical (unpaired) electrons. The summed E-state index contributed by atoms with van der Waals surface area (Å²) in [6.07, 6.45) is -11.2. The van der Waals surface area contributed by atoms with Gasteiger partial charge in [-0.05, 0) is 31.9 Å². The van der Waals surface area contributed by atoms with Gasteiger partial charge in [-0.2, -0.15) is 26.3 Å². The Morgan fingerprint density at radius 1 is 1.00 bits per heavy atom. The first-order valence-electron chi connectivity index (χ1n) is 7.39. The van der Waals surface area contributed by atoms with Crippen molar-refractivity contribution in [2.75, 3.05) is 6.54 Å². The van der Waals surface area contributed by atoms with Crippen LogP contribution in [0.4, 0.5) is 26.3 Å². The highest BCUT2D eigenvalue weighted by molar-refractivity contribution is 5.95.